The molecular formula is C20H19ClN2O5. The Kier molecular flexibility index (Phi) is 5.84. The minimum Gasteiger partial charge on any atom is -0.495 e. The highest BCUT2D eigenvalue weighted by Crippen LogP contribution is 2.31. The number of methoxy groups -OCH3 is 1. The minimum atomic E-state index is -1.01. The number of anilines is 1. The second kappa shape index (κ2) is 8.31. The van der Waals surface area contributed by atoms with E-state index in [9.17, 15) is 9.59 Å². The number of esters is 1. The summed E-state index contributed by atoms with van der Waals surface area (Å²) in [6.07, 6.45) is -1.11. The largest absolute Gasteiger partial charge is 0.495 e. The number of hydrogen-bond acceptors (Lipinski definition) is 6. The van der Waals surface area contributed by atoms with Gasteiger partial charge in [0.05, 0.1) is 19.2 Å². The average molecular weight is 403 g/mol. The van der Waals surface area contributed by atoms with Gasteiger partial charge in [-0.05, 0) is 37.6 Å². The summed E-state index contributed by atoms with van der Waals surface area (Å²) in [5, 5.41) is 7.84. The first-order chi connectivity index (χ1) is 13.4. The summed E-state index contributed by atoms with van der Waals surface area (Å²) in [7, 11) is 1.47. The zero-order valence-corrected chi connectivity index (χ0v) is 16.4. The fourth-order valence-electron chi connectivity index (χ4n) is 2.66. The molecule has 0 saturated heterocycles. The van der Waals surface area contributed by atoms with Gasteiger partial charge in [-0.1, -0.05) is 28.9 Å². The number of halogens is 1. The van der Waals surface area contributed by atoms with Crippen LogP contribution in [0.5, 0.6) is 5.75 Å². The van der Waals surface area contributed by atoms with Gasteiger partial charge in [-0.3, -0.25) is 9.59 Å². The standard InChI is InChI=1S/C20H19ClN2O5/c1-11-8-16(18(26-3)9-14(11)21)22-20(25)12(2)27-19(24)10-15-13-6-4-5-7-17(13)28-23-15/h4-9,12H,10H2,1-3H3,(H,22,25)/t12-/m1/s1. The molecule has 0 fully saturated rings. The number of aryl methyl sites for hydroxylation is 1. The van der Waals surface area contributed by atoms with Crippen molar-refractivity contribution in [2.75, 3.05) is 12.4 Å². The molecule has 1 amide bonds. The van der Waals surface area contributed by atoms with E-state index >= 15 is 0 Å². The molecule has 8 heteroatoms. The number of rotatable bonds is 6. The van der Waals surface area contributed by atoms with Gasteiger partial charge in [0, 0.05) is 16.5 Å². The number of nitrogens with zero attached hydrogens (tertiary/aromatic N) is 1. The molecule has 146 valence electrons. The number of para-hydroxylation sites is 1. The lowest BCUT2D eigenvalue weighted by Crippen LogP contribution is -2.30. The molecule has 0 spiro atoms. The lowest BCUT2D eigenvalue weighted by Gasteiger charge is -2.16. The lowest BCUT2D eigenvalue weighted by atomic mass is 10.2. The maximum absolute atomic E-state index is 12.4. The van der Waals surface area contributed by atoms with Gasteiger partial charge in [0.2, 0.25) is 0 Å². The molecule has 2 aromatic carbocycles. The molecule has 28 heavy (non-hydrogen) atoms. The van der Waals surface area contributed by atoms with Gasteiger partial charge in [-0.15, -0.1) is 0 Å². The predicted octanol–water partition coefficient (Wildman–Crippen LogP) is 3.91. The van der Waals surface area contributed by atoms with E-state index in [4.69, 9.17) is 25.6 Å². The third-order valence-corrected chi connectivity index (χ3v) is 4.59. The van der Waals surface area contributed by atoms with Crippen molar-refractivity contribution >= 4 is 40.1 Å². The Morgan fingerprint density at radius 2 is 2.04 bits per heavy atom. The van der Waals surface area contributed by atoms with Crippen molar-refractivity contribution in [2.24, 2.45) is 0 Å². The third-order valence-electron chi connectivity index (χ3n) is 4.18. The van der Waals surface area contributed by atoms with Gasteiger partial charge in [0.15, 0.2) is 11.7 Å². The number of carbonyl (C=O) groups excluding carboxylic acids is 2. The molecule has 3 rings (SSSR count). The van der Waals surface area contributed by atoms with Gasteiger partial charge in [0.25, 0.3) is 5.91 Å². The molecule has 1 N–H and O–H groups in total. The number of ether oxygens (including phenoxy) is 2. The summed E-state index contributed by atoms with van der Waals surface area (Å²) < 4.78 is 15.6. The van der Waals surface area contributed by atoms with E-state index in [0.717, 1.165) is 10.9 Å². The van der Waals surface area contributed by atoms with Crippen LogP contribution in [0.2, 0.25) is 5.02 Å². The molecule has 0 unspecified atom stereocenters. The SMILES string of the molecule is COc1cc(Cl)c(C)cc1NC(=O)[C@@H](C)OC(=O)Cc1noc2ccccc12. The first-order valence-electron chi connectivity index (χ1n) is 8.56. The molecular weight excluding hydrogens is 384 g/mol. The smallest absolute Gasteiger partial charge is 0.312 e. The normalized spacial score (nSPS) is 11.9. The average Bonchev–Trinajstić information content (AvgIpc) is 3.07. The second-order valence-corrected chi connectivity index (χ2v) is 6.63. The molecule has 0 aliphatic rings. The summed E-state index contributed by atoms with van der Waals surface area (Å²) in [6, 6.07) is 10.5. The molecule has 0 radical (unpaired) electrons. The summed E-state index contributed by atoms with van der Waals surface area (Å²) in [6.45, 7) is 3.30. The van der Waals surface area contributed by atoms with Crippen LogP contribution in [0.3, 0.4) is 0 Å². The highest BCUT2D eigenvalue weighted by molar-refractivity contribution is 6.31. The fraction of sp³-hybridized carbons (Fsp3) is 0.250. The van der Waals surface area contributed by atoms with Crippen LogP contribution in [0.4, 0.5) is 5.69 Å². The Labute approximate surface area is 166 Å². The topological polar surface area (TPSA) is 90.7 Å². The number of nitrogens with one attached hydrogen (secondary N) is 1. The van der Waals surface area contributed by atoms with Crippen LogP contribution in [-0.4, -0.2) is 30.2 Å². The van der Waals surface area contributed by atoms with Crippen molar-refractivity contribution in [2.45, 2.75) is 26.4 Å². The Morgan fingerprint density at radius 3 is 2.79 bits per heavy atom. The van der Waals surface area contributed by atoms with E-state index in [1.54, 1.807) is 24.3 Å². The predicted molar refractivity (Wildman–Crippen MR) is 105 cm³/mol. The summed E-state index contributed by atoms with van der Waals surface area (Å²) in [4.78, 5) is 24.6. The van der Waals surface area contributed by atoms with Crippen LogP contribution in [-0.2, 0) is 20.7 Å². The van der Waals surface area contributed by atoms with Crippen LogP contribution in [0.25, 0.3) is 11.0 Å². The van der Waals surface area contributed by atoms with Crippen LogP contribution in [0.1, 0.15) is 18.2 Å². The molecule has 0 bridgehead atoms. The van der Waals surface area contributed by atoms with E-state index in [2.05, 4.69) is 10.5 Å². The van der Waals surface area contributed by atoms with E-state index in [-0.39, 0.29) is 6.42 Å². The number of amides is 1. The van der Waals surface area contributed by atoms with Crippen LogP contribution < -0.4 is 10.1 Å². The lowest BCUT2D eigenvalue weighted by molar-refractivity contribution is -0.152. The Morgan fingerprint density at radius 1 is 1.29 bits per heavy atom. The Bertz CT molecular complexity index is 1030. The Hall–Kier alpha value is -3.06. The van der Waals surface area contributed by atoms with Crippen molar-refractivity contribution < 1.29 is 23.6 Å². The zero-order chi connectivity index (χ0) is 20.3. The molecule has 0 aliphatic heterocycles. The molecule has 1 heterocycles. The summed E-state index contributed by atoms with van der Waals surface area (Å²) in [5.74, 6) is -0.657. The maximum Gasteiger partial charge on any atom is 0.312 e. The van der Waals surface area contributed by atoms with E-state index < -0.39 is 18.0 Å². The first-order valence-corrected chi connectivity index (χ1v) is 8.94. The summed E-state index contributed by atoms with van der Waals surface area (Å²) in [5.41, 5.74) is 2.27. The maximum atomic E-state index is 12.4. The van der Waals surface area contributed by atoms with Gasteiger partial charge >= 0.3 is 5.97 Å². The molecule has 1 aromatic heterocycles. The van der Waals surface area contributed by atoms with Gasteiger partial charge in [-0.2, -0.15) is 0 Å². The van der Waals surface area contributed by atoms with E-state index in [0.29, 0.717) is 27.7 Å². The quantitative estimate of drug-likeness (QED) is 0.628. The highest BCUT2D eigenvalue weighted by Gasteiger charge is 2.21. The van der Waals surface area contributed by atoms with Gasteiger partial charge < -0.3 is 19.3 Å². The monoisotopic (exact) mass is 402 g/mol. The van der Waals surface area contributed by atoms with Crippen LogP contribution in [0, 0.1) is 6.92 Å². The number of aromatic nitrogens is 1. The fourth-order valence-corrected chi connectivity index (χ4v) is 2.81. The van der Waals surface area contributed by atoms with Gasteiger partial charge in [-0.25, -0.2) is 0 Å². The highest BCUT2D eigenvalue weighted by atomic mass is 35.5. The van der Waals surface area contributed by atoms with E-state index in [1.807, 2.05) is 19.1 Å². The number of benzene rings is 2. The van der Waals surface area contributed by atoms with E-state index in [1.165, 1.54) is 14.0 Å². The Balaban J connectivity index is 1.64. The first kappa shape index (κ1) is 19.7. The number of hydrogen-bond donors (Lipinski definition) is 1. The minimum absolute atomic E-state index is 0.0992. The zero-order valence-electron chi connectivity index (χ0n) is 15.6. The van der Waals surface area contributed by atoms with Crippen molar-refractivity contribution in [3.8, 4) is 5.75 Å². The van der Waals surface area contributed by atoms with Crippen LogP contribution >= 0.6 is 11.6 Å². The van der Waals surface area contributed by atoms with Crippen molar-refractivity contribution in [1.82, 2.24) is 5.16 Å². The molecule has 1 atom stereocenters. The molecule has 0 saturated carbocycles. The van der Waals surface area contributed by atoms with Crippen molar-refractivity contribution in [1.29, 1.82) is 0 Å². The van der Waals surface area contributed by atoms with Crippen molar-refractivity contribution in [3.63, 3.8) is 0 Å². The van der Waals surface area contributed by atoms with Crippen LogP contribution in [0.15, 0.2) is 40.9 Å². The van der Waals surface area contributed by atoms with Gasteiger partial charge in [0.1, 0.15) is 11.4 Å². The number of fused-ring (bicyclic) bond motifs is 1. The molecule has 7 nitrogen and oxygen atoms in total. The molecule has 0 aliphatic carbocycles. The number of carbonyl (C=O) groups is 2. The molecule has 3 aromatic rings. The van der Waals surface area contributed by atoms with Crippen molar-refractivity contribution in [3.05, 3.63) is 52.7 Å². The summed E-state index contributed by atoms with van der Waals surface area (Å²) >= 11 is 6.07. The third kappa shape index (κ3) is 4.26. The second-order valence-electron chi connectivity index (χ2n) is 6.23.